The molecule has 3 atom stereocenters. The second kappa shape index (κ2) is 5.90. The van der Waals surface area contributed by atoms with Crippen LogP contribution in [0.1, 0.15) is 22.5 Å². The molecule has 5 nitrogen and oxygen atoms in total. The van der Waals surface area contributed by atoms with E-state index in [4.69, 9.17) is 11.6 Å². The van der Waals surface area contributed by atoms with E-state index in [1.54, 1.807) is 12.1 Å². The van der Waals surface area contributed by atoms with Gasteiger partial charge in [-0.15, -0.1) is 11.3 Å². The highest BCUT2D eigenvalue weighted by atomic mass is 35.5. The summed E-state index contributed by atoms with van der Waals surface area (Å²) in [7, 11) is 1.31. The molecule has 1 fully saturated rings. The molecular weight excluding hydrogens is 290 g/mol. The van der Waals surface area contributed by atoms with Crippen LogP contribution < -0.4 is 5.32 Å². The topological polar surface area (TPSA) is 75.6 Å². The molecule has 0 bridgehead atoms. The van der Waals surface area contributed by atoms with Crippen molar-refractivity contribution in [3.63, 3.8) is 0 Å². The van der Waals surface area contributed by atoms with Gasteiger partial charge in [-0.25, -0.2) is 0 Å². The molecule has 0 spiro atoms. The molecule has 1 heterocycles. The molecule has 0 aliphatic heterocycles. The number of aliphatic hydroxyl groups is 1. The standard InChI is InChI=1S/C12H14ClNO4S/c1-18-12(17)6-4-7(8(15)5-6)14-11(16)9-2-3-10(13)19-9/h2-3,6-8,15H,4-5H2,1H3,(H,14,16)/t6-,7+,8+/m1/s1. The summed E-state index contributed by atoms with van der Waals surface area (Å²) in [5, 5.41) is 12.6. The minimum absolute atomic E-state index is 0.286. The molecule has 1 amide bonds. The van der Waals surface area contributed by atoms with Crippen LogP contribution in [-0.4, -0.2) is 36.2 Å². The minimum Gasteiger partial charge on any atom is -0.469 e. The first-order valence-electron chi connectivity index (χ1n) is 5.83. The van der Waals surface area contributed by atoms with E-state index in [0.717, 1.165) is 0 Å². The largest absolute Gasteiger partial charge is 0.469 e. The van der Waals surface area contributed by atoms with Crippen molar-refractivity contribution in [2.45, 2.75) is 25.0 Å². The average molecular weight is 304 g/mol. The van der Waals surface area contributed by atoms with Gasteiger partial charge in [0.05, 0.1) is 34.4 Å². The molecule has 0 saturated heterocycles. The van der Waals surface area contributed by atoms with Crippen molar-refractivity contribution in [1.82, 2.24) is 5.32 Å². The van der Waals surface area contributed by atoms with Gasteiger partial charge in [-0.3, -0.25) is 9.59 Å². The molecule has 1 aromatic rings. The summed E-state index contributed by atoms with van der Waals surface area (Å²) in [6.07, 6.45) is -0.0369. The van der Waals surface area contributed by atoms with Gasteiger partial charge >= 0.3 is 5.97 Å². The second-order valence-electron chi connectivity index (χ2n) is 4.44. The predicted molar refractivity (Wildman–Crippen MR) is 71.3 cm³/mol. The zero-order valence-electron chi connectivity index (χ0n) is 10.3. The molecule has 104 valence electrons. The monoisotopic (exact) mass is 303 g/mol. The number of carbonyl (C=O) groups excluding carboxylic acids is 2. The van der Waals surface area contributed by atoms with Crippen LogP contribution in [-0.2, 0) is 9.53 Å². The van der Waals surface area contributed by atoms with E-state index in [-0.39, 0.29) is 17.8 Å². The van der Waals surface area contributed by atoms with Gasteiger partial charge in [-0.1, -0.05) is 11.6 Å². The van der Waals surface area contributed by atoms with E-state index in [1.165, 1.54) is 18.4 Å². The van der Waals surface area contributed by atoms with Crippen molar-refractivity contribution in [3.8, 4) is 0 Å². The average Bonchev–Trinajstić information content (AvgIpc) is 2.96. The fourth-order valence-electron chi connectivity index (χ4n) is 2.21. The maximum atomic E-state index is 11.9. The number of nitrogens with one attached hydrogen (secondary N) is 1. The third-order valence-corrected chi connectivity index (χ3v) is 4.41. The normalized spacial score (nSPS) is 26.2. The van der Waals surface area contributed by atoms with Gasteiger partial charge in [0.15, 0.2) is 0 Å². The number of thiophene rings is 1. The van der Waals surface area contributed by atoms with Crippen molar-refractivity contribution < 1.29 is 19.4 Å². The molecule has 19 heavy (non-hydrogen) atoms. The molecule has 0 unspecified atom stereocenters. The number of carbonyl (C=O) groups is 2. The minimum atomic E-state index is -0.733. The number of rotatable bonds is 3. The second-order valence-corrected chi connectivity index (χ2v) is 6.16. The van der Waals surface area contributed by atoms with Crippen molar-refractivity contribution in [2.75, 3.05) is 7.11 Å². The van der Waals surface area contributed by atoms with Gasteiger partial charge in [0.25, 0.3) is 5.91 Å². The van der Waals surface area contributed by atoms with Crippen LogP contribution in [0.2, 0.25) is 4.34 Å². The Bertz CT molecular complexity index is 490. The van der Waals surface area contributed by atoms with Gasteiger partial charge in [0.1, 0.15) is 0 Å². The van der Waals surface area contributed by atoms with Crippen molar-refractivity contribution in [2.24, 2.45) is 5.92 Å². The molecule has 1 aliphatic carbocycles. The van der Waals surface area contributed by atoms with E-state index in [9.17, 15) is 14.7 Å². The van der Waals surface area contributed by atoms with Crippen molar-refractivity contribution >= 4 is 34.8 Å². The molecule has 7 heteroatoms. The smallest absolute Gasteiger partial charge is 0.308 e. The van der Waals surface area contributed by atoms with Crippen LogP contribution >= 0.6 is 22.9 Å². The quantitative estimate of drug-likeness (QED) is 0.829. The Labute approximate surface area is 119 Å². The first kappa shape index (κ1) is 14.3. The lowest BCUT2D eigenvalue weighted by molar-refractivity contribution is -0.145. The Morgan fingerprint density at radius 1 is 1.47 bits per heavy atom. The highest BCUT2D eigenvalue weighted by Crippen LogP contribution is 2.28. The van der Waals surface area contributed by atoms with Crippen LogP contribution in [0.25, 0.3) is 0 Å². The summed E-state index contributed by atoms with van der Waals surface area (Å²) in [6.45, 7) is 0. The van der Waals surface area contributed by atoms with Crippen molar-refractivity contribution in [3.05, 3.63) is 21.3 Å². The number of amides is 1. The van der Waals surface area contributed by atoms with Gasteiger partial charge < -0.3 is 15.2 Å². The van der Waals surface area contributed by atoms with Crippen LogP contribution in [0.3, 0.4) is 0 Å². The number of esters is 1. The lowest BCUT2D eigenvalue weighted by Crippen LogP contribution is -2.39. The number of aliphatic hydroxyl groups excluding tert-OH is 1. The Hall–Kier alpha value is -1.11. The van der Waals surface area contributed by atoms with E-state index < -0.39 is 12.1 Å². The molecule has 0 aromatic carbocycles. The summed E-state index contributed by atoms with van der Waals surface area (Å²) < 4.78 is 5.18. The zero-order valence-corrected chi connectivity index (χ0v) is 11.8. The number of halogens is 1. The van der Waals surface area contributed by atoms with Crippen molar-refractivity contribution in [1.29, 1.82) is 0 Å². The third kappa shape index (κ3) is 3.26. The third-order valence-electron chi connectivity index (χ3n) is 3.18. The summed E-state index contributed by atoms with van der Waals surface area (Å²) in [4.78, 5) is 23.8. The Morgan fingerprint density at radius 2 is 2.21 bits per heavy atom. The number of hydrogen-bond acceptors (Lipinski definition) is 5. The van der Waals surface area contributed by atoms with E-state index in [0.29, 0.717) is 22.1 Å². The SMILES string of the molecule is COC(=O)[C@@H]1C[C@H](NC(=O)c2ccc(Cl)s2)[C@@H](O)C1. The lowest BCUT2D eigenvalue weighted by atomic mass is 10.1. The fourth-order valence-corrected chi connectivity index (χ4v) is 3.15. The van der Waals surface area contributed by atoms with Gasteiger partial charge in [-0.2, -0.15) is 0 Å². The zero-order chi connectivity index (χ0) is 14.0. The first-order chi connectivity index (χ1) is 9.01. The van der Waals surface area contributed by atoms with Gasteiger partial charge in [0.2, 0.25) is 0 Å². The Kier molecular flexibility index (Phi) is 4.44. The fraction of sp³-hybridized carbons (Fsp3) is 0.500. The molecule has 1 aliphatic rings. The number of hydrogen-bond donors (Lipinski definition) is 2. The maximum Gasteiger partial charge on any atom is 0.308 e. The molecule has 0 radical (unpaired) electrons. The molecule has 1 saturated carbocycles. The van der Waals surface area contributed by atoms with Gasteiger partial charge in [-0.05, 0) is 25.0 Å². The Balaban J connectivity index is 1.96. The molecular formula is C12H14ClNO4S. The van der Waals surface area contributed by atoms with Crippen LogP contribution in [0.15, 0.2) is 12.1 Å². The van der Waals surface area contributed by atoms with Crippen LogP contribution in [0.5, 0.6) is 0 Å². The van der Waals surface area contributed by atoms with Gasteiger partial charge in [0, 0.05) is 0 Å². The molecule has 2 N–H and O–H groups in total. The summed E-state index contributed by atoms with van der Waals surface area (Å²) in [5.41, 5.74) is 0. The maximum absolute atomic E-state index is 11.9. The highest BCUT2D eigenvalue weighted by molar-refractivity contribution is 7.17. The van der Waals surface area contributed by atoms with E-state index >= 15 is 0 Å². The predicted octanol–water partition coefficient (Wildman–Crippen LogP) is 1.44. The number of ether oxygens (including phenoxy) is 1. The molecule has 1 aromatic heterocycles. The summed E-state index contributed by atoms with van der Waals surface area (Å²) in [5.74, 6) is -1.00. The Morgan fingerprint density at radius 3 is 2.79 bits per heavy atom. The van der Waals surface area contributed by atoms with Crippen LogP contribution in [0, 0.1) is 5.92 Å². The van der Waals surface area contributed by atoms with Crippen LogP contribution in [0.4, 0.5) is 0 Å². The lowest BCUT2D eigenvalue weighted by Gasteiger charge is -2.15. The van der Waals surface area contributed by atoms with E-state index in [1.807, 2.05) is 0 Å². The highest BCUT2D eigenvalue weighted by Gasteiger charge is 2.38. The summed E-state index contributed by atoms with van der Waals surface area (Å²) in [6, 6.07) is 2.84. The number of methoxy groups -OCH3 is 1. The molecule has 2 rings (SSSR count). The summed E-state index contributed by atoms with van der Waals surface area (Å²) >= 11 is 6.93. The van der Waals surface area contributed by atoms with E-state index in [2.05, 4.69) is 10.1 Å². The first-order valence-corrected chi connectivity index (χ1v) is 7.02.